The second-order valence-electron chi connectivity index (χ2n) is 8.10. The van der Waals surface area contributed by atoms with Crippen molar-refractivity contribution in [1.82, 2.24) is 14.9 Å². The van der Waals surface area contributed by atoms with E-state index in [1.165, 1.54) is 23.2 Å². The van der Waals surface area contributed by atoms with Gasteiger partial charge in [0, 0.05) is 42.4 Å². The van der Waals surface area contributed by atoms with Gasteiger partial charge >= 0.3 is 0 Å². The van der Waals surface area contributed by atoms with E-state index in [2.05, 4.69) is 33.1 Å². The first-order valence-corrected chi connectivity index (χ1v) is 10.4. The van der Waals surface area contributed by atoms with Crippen LogP contribution in [-0.4, -0.2) is 41.2 Å². The third-order valence-corrected chi connectivity index (χ3v) is 5.88. The number of para-hydroxylation sites is 1. The quantitative estimate of drug-likeness (QED) is 0.559. The maximum Gasteiger partial charge on any atom is 0.141 e. The summed E-state index contributed by atoms with van der Waals surface area (Å²) in [6.45, 7) is 6.49. The molecule has 1 atom stereocenters. The predicted octanol–water partition coefficient (Wildman–Crippen LogP) is 4.63. The van der Waals surface area contributed by atoms with Gasteiger partial charge in [-0.25, -0.2) is 4.39 Å². The topological polar surface area (TPSA) is 38.2 Å². The molecule has 4 nitrogen and oxygen atoms in total. The van der Waals surface area contributed by atoms with Crippen LogP contribution in [0.4, 0.5) is 4.39 Å². The molecule has 3 heterocycles. The van der Waals surface area contributed by atoms with Crippen molar-refractivity contribution in [2.24, 2.45) is 5.41 Å². The molecule has 0 amide bonds. The molecule has 1 aromatic carbocycles. The highest BCUT2D eigenvalue weighted by atomic mass is 19.1. The summed E-state index contributed by atoms with van der Waals surface area (Å²) in [5.41, 5.74) is 3.35. The second-order valence-corrected chi connectivity index (χ2v) is 8.10. The van der Waals surface area contributed by atoms with E-state index in [0.29, 0.717) is 0 Å². The van der Waals surface area contributed by atoms with Gasteiger partial charge in [-0.3, -0.25) is 14.9 Å². The number of aryl methyl sites for hydroxylation is 1. The molecule has 0 saturated carbocycles. The summed E-state index contributed by atoms with van der Waals surface area (Å²) >= 11 is 0. The SMILES string of the molecule is CCOCC1(CCc2ccc(F)cn2)CCN(Cc2cnc3ccccc3c2)C1. The summed E-state index contributed by atoms with van der Waals surface area (Å²) in [6.07, 6.45) is 6.25. The molecule has 1 saturated heterocycles. The fraction of sp³-hybridized carbons (Fsp3) is 0.417. The molecule has 2 aromatic heterocycles. The molecule has 3 aromatic rings. The van der Waals surface area contributed by atoms with Crippen LogP contribution in [0.25, 0.3) is 10.9 Å². The zero-order chi connectivity index (χ0) is 20.1. The summed E-state index contributed by atoms with van der Waals surface area (Å²) in [5.74, 6) is -0.284. The number of fused-ring (bicyclic) bond motifs is 1. The van der Waals surface area contributed by atoms with E-state index >= 15 is 0 Å². The zero-order valence-corrected chi connectivity index (χ0v) is 17.0. The van der Waals surface area contributed by atoms with Gasteiger partial charge in [0.05, 0.1) is 18.3 Å². The summed E-state index contributed by atoms with van der Waals surface area (Å²) in [7, 11) is 0. The van der Waals surface area contributed by atoms with Gasteiger partial charge in [0.1, 0.15) is 5.82 Å². The van der Waals surface area contributed by atoms with Crippen molar-refractivity contribution in [3.05, 3.63) is 71.9 Å². The molecule has 1 fully saturated rings. The van der Waals surface area contributed by atoms with Crippen LogP contribution in [0.2, 0.25) is 0 Å². The van der Waals surface area contributed by atoms with Crippen LogP contribution in [0.5, 0.6) is 0 Å². The Hall–Kier alpha value is -2.37. The zero-order valence-electron chi connectivity index (χ0n) is 17.0. The lowest BCUT2D eigenvalue weighted by molar-refractivity contribution is 0.0488. The van der Waals surface area contributed by atoms with Gasteiger partial charge < -0.3 is 4.74 Å². The Morgan fingerprint density at radius 1 is 1.14 bits per heavy atom. The standard InChI is InChI=1S/C24H28FN3O/c1-2-29-18-24(10-9-22-8-7-21(25)15-26-22)11-12-28(17-24)16-19-13-20-5-3-4-6-23(20)27-14-19/h3-8,13-15H,2,9-12,16-18H2,1H3. The largest absolute Gasteiger partial charge is 0.381 e. The highest BCUT2D eigenvalue weighted by Gasteiger charge is 2.38. The van der Waals surface area contributed by atoms with Gasteiger partial charge in [0.25, 0.3) is 0 Å². The smallest absolute Gasteiger partial charge is 0.141 e. The molecule has 1 aliphatic rings. The highest BCUT2D eigenvalue weighted by Crippen LogP contribution is 2.36. The number of aromatic nitrogens is 2. The van der Waals surface area contributed by atoms with E-state index in [4.69, 9.17) is 4.74 Å². The predicted molar refractivity (Wildman–Crippen MR) is 113 cm³/mol. The first kappa shape index (κ1) is 19.9. The number of rotatable bonds is 8. The van der Waals surface area contributed by atoms with E-state index in [0.717, 1.165) is 63.3 Å². The van der Waals surface area contributed by atoms with Crippen molar-refractivity contribution in [2.75, 3.05) is 26.3 Å². The maximum atomic E-state index is 13.1. The highest BCUT2D eigenvalue weighted by molar-refractivity contribution is 5.78. The van der Waals surface area contributed by atoms with Crippen LogP contribution in [0.15, 0.2) is 54.9 Å². The first-order valence-electron chi connectivity index (χ1n) is 10.4. The van der Waals surface area contributed by atoms with Gasteiger partial charge in [-0.1, -0.05) is 18.2 Å². The summed E-state index contributed by atoms with van der Waals surface area (Å²) < 4.78 is 19.0. The van der Waals surface area contributed by atoms with Crippen LogP contribution in [0.1, 0.15) is 31.0 Å². The maximum absolute atomic E-state index is 13.1. The van der Waals surface area contributed by atoms with Crippen molar-refractivity contribution in [3.63, 3.8) is 0 Å². The molecule has 5 heteroatoms. The number of ether oxygens (including phenoxy) is 1. The molecule has 1 aliphatic heterocycles. The molecular weight excluding hydrogens is 365 g/mol. The molecule has 4 rings (SSSR count). The molecule has 152 valence electrons. The van der Waals surface area contributed by atoms with Crippen molar-refractivity contribution >= 4 is 10.9 Å². The van der Waals surface area contributed by atoms with E-state index < -0.39 is 0 Å². The van der Waals surface area contributed by atoms with Crippen LogP contribution in [0, 0.1) is 11.2 Å². The molecule has 0 spiro atoms. The van der Waals surface area contributed by atoms with Crippen molar-refractivity contribution in [2.45, 2.75) is 32.7 Å². The van der Waals surface area contributed by atoms with Crippen LogP contribution in [0.3, 0.4) is 0 Å². The minimum Gasteiger partial charge on any atom is -0.381 e. The van der Waals surface area contributed by atoms with Crippen molar-refractivity contribution < 1.29 is 9.13 Å². The molecular formula is C24H28FN3O. The van der Waals surface area contributed by atoms with Gasteiger partial charge in [0.2, 0.25) is 0 Å². The van der Waals surface area contributed by atoms with Gasteiger partial charge in [0.15, 0.2) is 0 Å². The van der Waals surface area contributed by atoms with Crippen molar-refractivity contribution in [3.8, 4) is 0 Å². The Morgan fingerprint density at radius 3 is 2.86 bits per heavy atom. The van der Waals surface area contributed by atoms with Gasteiger partial charge in [-0.2, -0.15) is 0 Å². The number of hydrogen-bond acceptors (Lipinski definition) is 4. The lowest BCUT2D eigenvalue weighted by atomic mass is 9.82. The van der Waals surface area contributed by atoms with E-state index in [1.807, 2.05) is 25.3 Å². The number of pyridine rings is 2. The minimum atomic E-state index is -0.284. The Bertz CT molecular complexity index is 946. The van der Waals surface area contributed by atoms with Crippen molar-refractivity contribution in [1.29, 1.82) is 0 Å². The summed E-state index contributed by atoms with van der Waals surface area (Å²) in [6, 6.07) is 13.8. The Kier molecular flexibility index (Phi) is 6.16. The number of hydrogen-bond donors (Lipinski definition) is 0. The first-order chi connectivity index (χ1) is 14.2. The summed E-state index contributed by atoms with van der Waals surface area (Å²) in [5, 5.41) is 1.19. The number of halogens is 1. The molecule has 0 N–H and O–H groups in total. The lowest BCUT2D eigenvalue weighted by Crippen LogP contribution is -2.32. The van der Waals surface area contributed by atoms with Crippen LogP contribution >= 0.6 is 0 Å². The van der Waals surface area contributed by atoms with E-state index in [9.17, 15) is 4.39 Å². The summed E-state index contributed by atoms with van der Waals surface area (Å²) in [4.78, 5) is 11.3. The third kappa shape index (κ3) is 4.98. The number of likely N-dealkylation sites (tertiary alicyclic amines) is 1. The van der Waals surface area contributed by atoms with E-state index in [-0.39, 0.29) is 11.2 Å². The number of benzene rings is 1. The second kappa shape index (κ2) is 8.97. The lowest BCUT2D eigenvalue weighted by Gasteiger charge is -2.29. The van der Waals surface area contributed by atoms with E-state index in [1.54, 1.807) is 6.07 Å². The number of nitrogens with zero attached hydrogens (tertiary/aromatic N) is 3. The Labute approximate surface area is 171 Å². The Morgan fingerprint density at radius 2 is 2.03 bits per heavy atom. The monoisotopic (exact) mass is 393 g/mol. The van der Waals surface area contributed by atoms with Gasteiger partial charge in [-0.05, 0) is 62.6 Å². The molecule has 29 heavy (non-hydrogen) atoms. The fourth-order valence-electron chi connectivity index (χ4n) is 4.28. The average molecular weight is 394 g/mol. The molecule has 0 radical (unpaired) electrons. The van der Waals surface area contributed by atoms with Crippen LogP contribution < -0.4 is 0 Å². The average Bonchev–Trinajstić information content (AvgIpc) is 3.15. The minimum absolute atomic E-state index is 0.121. The van der Waals surface area contributed by atoms with Gasteiger partial charge in [-0.15, -0.1) is 0 Å². The fourth-order valence-corrected chi connectivity index (χ4v) is 4.28. The normalized spacial score (nSPS) is 19.8. The van der Waals surface area contributed by atoms with Crippen LogP contribution in [-0.2, 0) is 17.7 Å². The third-order valence-electron chi connectivity index (χ3n) is 5.88. The Balaban J connectivity index is 1.42. The molecule has 0 bridgehead atoms. The molecule has 0 aliphatic carbocycles. The molecule has 1 unspecified atom stereocenters.